The summed E-state index contributed by atoms with van der Waals surface area (Å²) in [4.78, 5) is 4.57. The Labute approximate surface area is 110 Å². The molecule has 1 aliphatic carbocycles. The maximum Gasteiger partial charge on any atom is 0.0968 e. The molecule has 0 aliphatic heterocycles. The predicted molar refractivity (Wildman–Crippen MR) is 77.9 cm³/mol. The Morgan fingerprint density at radius 1 is 1.28 bits per heavy atom. The van der Waals surface area contributed by atoms with Gasteiger partial charge in [-0.2, -0.15) is 0 Å². The summed E-state index contributed by atoms with van der Waals surface area (Å²) in [5, 5.41) is 0. The first kappa shape index (κ1) is 13.1. The van der Waals surface area contributed by atoms with Gasteiger partial charge in [0.05, 0.1) is 5.84 Å². The smallest absolute Gasteiger partial charge is 0.0968 e. The van der Waals surface area contributed by atoms with Crippen molar-refractivity contribution < 1.29 is 0 Å². The van der Waals surface area contributed by atoms with Crippen molar-refractivity contribution in [3.63, 3.8) is 0 Å². The highest BCUT2D eigenvalue weighted by Gasteiger charge is 2.18. The molecular formula is C16H24N2. The summed E-state index contributed by atoms with van der Waals surface area (Å²) in [6.07, 6.45) is 6.20. The van der Waals surface area contributed by atoms with E-state index in [9.17, 15) is 0 Å². The minimum Gasteiger partial charge on any atom is -0.387 e. The normalized spacial score (nSPS) is 19.1. The second-order valence-electron chi connectivity index (χ2n) is 5.39. The number of hydrogen-bond acceptors (Lipinski definition) is 1. The summed E-state index contributed by atoms with van der Waals surface area (Å²) in [5.41, 5.74) is 7.45. The molecule has 2 nitrogen and oxygen atoms in total. The van der Waals surface area contributed by atoms with Gasteiger partial charge in [0.1, 0.15) is 0 Å². The van der Waals surface area contributed by atoms with Crippen molar-refractivity contribution in [2.75, 3.05) is 6.54 Å². The van der Waals surface area contributed by atoms with E-state index in [4.69, 9.17) is 5.73 Å². The third kappa shape index (κ3) is 3.59. The van der Waals surface area contributed by atoms with Gasteiger partial charge in [0, 0.05) is 12.5 Å². The van der Waals surface area contributed by atoms with Gasteiger partial charge in [0.2, 0.25) is 0 Å². The summed E-state index contributed by atoms with van der Waals surface area (Å²) in [5.74, 6) is 2.02. The van der Waals surface area contributed by atoms with Crippen LogP contribution in [0.4, 0.5) is 0 Å². The van der Waals surface area contributed by atoms with E-state index in [1.165, 1.54) is 31.2 Å². The molecule has 0 aromatic heterocycles. The van der Waals surface area contributed by atoms with E-state index in [0.717, 1.165) is 18.8 Å². The Morgan fingerprint density at radius 2 is 1.94 bits per heavy atom. The van der Waals surface area contributed by atoms with Crippen molar-refractivity contribution in [2.45, 2.75) is 44.9 Å². The van der Waals surface area contributed by atoms with Crippen LogP contribution >= 0.6 is 0 Å². The second kappa shape index (κ2) is 6.58. The van der Waals surface area contributed by atoms with Crippen molar-refractivity contribution in [1.82, 2.24) is 0 Å². The Bertz CT molecular complexity index is 377. The van der Waals surface area contributed by atoms with E-state index in [0.29, 0.717) is 11.8 Å². The molecule has 1 aliphatic rings. The lowest BCUT2D eigenvalue weighted by Gasteiger charge is -2.11. The lowest BCUT2D eigenvalue weighted by atomic mass is 9.98. The largest absolute Gasteiger partial charge is 0.387 e. The average molecular weight is 244 g/mol. The molecule has 1 fully saturated rings. The van der Waals surface area contributed by atoms with Crippen molar-refractivity contribution in [3.05, 3.63) is 35.9 Å². The molecule has 0 radical (unpaired) electrons. The van der Waals surface area contributed by atoms with Crippen molar-refractivity contribution in [3.8, 4) is 0 Å². The van der Waals surface area contributed by atoms with Crippen LogP contribution in [0.25, 0.3) is 0 Å². The maximum absolute atomic E-state index is 6.05. The minimum absolute atomic E-state index is 0.561. The monoisotopic (exact) mass is 244 g/mol. The van der Waals surface area contributed by atoms with Gasteiger partial charge in [-0.3, -0.25) is 4.99 Å². The Hall–Kier alpha value is -1.31. The van der Waals surface area contributed by atoms with Crippen molar-refractivity contribution in [1.29, 1.82) is 0 Å². The highest BCUT2D eigenvalue weighted by Crippen LogP contribution is 2.25. The number of nitrogens with zero attached hydrogens (tertiary/aromatic N) is 1. The van der Waals surface area contributed by atoms with E-state index in [-0.39, 0.29) is 0 Å². The van der Waals surface area contributed by atoms with E-state index in [2.05, 4.69) is 42.2 Å². The summed E-state index contributed by atoms with van der Waals surface area (Å²) in [6, 6.07) is 10.6. The number of rotatable bonds is 5. The number of benzene rings is 1. The van der Waals surface area contributed by atoms with Gasteiger partial charge in [0.15, 0.2) is 0 Å². The van der Waals surface area contributed by atoms with Gasteiger partial charge in [-0.25, -0.2) is 0 Å². The zero-order valence-electron chi connectivity index (χ0n) is 11.3. The molecule has 0 bridgehead atoms. The van der Waals surface area contributed by atoms with Gasteiger partial charge < -0.3 is 5.73 Å². The molecule has 2 heteroatoms. The van der Waals surface area contributed by atoms with Crippen LogP contribution < -0.4 is 5.73 Å². The molecule has 1 atom stereocenters. The topological polar surface area (TPSA) is 38.4 Å². The molecular weight excluding hydrogens is 220 g/mol. The number of nitrogens with two attached hydrogens (primary N) is 1. The van der Waals surface area contributed by atoms with E-state index in [1.807, 2.05) is 0 Å². The first-order chi connectivity index (χ1) is 8.77. The summed E-state index contributed by atoms with van der Waals surface area (Å²) in [6.45, 7) is 3.12. The molecule has 1 unspecified atom stereocenters. The first-order valence-corrected chi connectivity index (χ1v) is 7.12. The first-order valence-electron chi connectivity index (χ1n) is 7.12. The van der Waals surface area contributed by atoms with Gasteiger partial charge in [-0.15, -0.1) is 0 Å². The summed E-state index contributed by atoms with van der Waals surface area (Å²) < 4.78 is 0. The average Bonchev–Trinajstić information content (AvgIpc) is 2.93. The van der Waals surface area contributed by atoms with Crippen LogP contribution in [0.5, 0.6) is 0 Å². The molecule has 1 saturated carbocycles. The molecule has 1 aromatic carbocycles. The minimum atomic E-state index is 0.561. The zero-order chi connectivity index (χ0) is 12.8. The van der Waals surface area contributed by atoms with Crippen LogP contribution in [0.1, 0.15) is 50.5 Å². The number of amidine groups is 1. The maximum atomic E-state index is 6.05. The molecule has 0 heterocycles. The third-order valence-electron chi connectivity index (χ3n) is 4.00. The van der Waals surface area contributed by atoms with E-state index in [1.54, 1.807) is 0 Å². The fourth-order valence-corrected chi connectivity index (χ4v) is 2.69. The molecule has 0 amide bonds. The fourth-order valence-electron chi connectivity index (χ4n) is 2.69. The third-order valence-corrected chi connectivity index (χ3v) is 4.00. The second-order valence-corrected chi connectivity index (χ2v) is 5.39. The van der Waals surface area contributed by atoms with E-state index >= 15 is 0 Å². The van der Waals surface area contributed by atoms with Crippen LogP contribution in [0.2, 0.25) is 0 Å². The van der Waals surface area contributed by atoms with Gasteiger partial charge in [-0.1, -0.05) is 50.1 Å². The molecule has 18 heavy (non-hydrogen) atoms. The zero-order valence-corrected chi connectivity index (χ0v) is 11.3. The SMILES string of the molecule is CC(CCN=C(N)C1CCCC1)c1ccccc1. The number of aliphatic imine (C=N–C) groups is 1. The predicted octanol–water partition coefficient (Wildman–Crippen LogP) is 3.73. The van der Waals surface area contributed by atoms with Crippen LogP contribution in [0.15, 0.2) is 35.3 Å². The quantitative estimate of drug-likeness (QED) is 0.622. The molecule has 2 N–H and O–H groups in total. The molecule has 0 saturated heterocycles. The standard InChI is InChI=1S/C16H24N2/c1-13(14-7-3-2-4-8-14)11-12-18-16(17)15-9-5-6-10-15/h2-4,7-8,13,15H,5-6,9-12H2,1H3,(H2,17,18). The highest BCUT2D eigenvalue weighted by atomic mass is 14.9. The van der Waals surface area contributed by atoms with Crippen molar-refractivity contribution in [2.24, 2.45) is 16.6 Å². The lowest BCUT2D eigenvalue weighted by Crippen LogP contribution is -2.21. The Morgan fingerprint density at radius 3 is 2.61 bits per heavy atom. The molecule has 0 spiro atoms. The van der Waals surface area contributed by atoms with Gasteiger partial charge >= 0.3 is 0 Å². The molecule has 98 valence electrons. The number of hydrogen-bond donors (Lipinski definition) is 1. The van der Waals surface area contributed by atoms with Crippen LogP contribution in [0, 0.1) is 5.92 Å². The Balaban J connectivity index is 1.79. The van der Waals surface area contributed by atoms with Crippen LogP contribution in [-0.4, -0.2) is 12.4 Å². The summed E-state index contributed by atoms with van der Waals surface area (Å²) >= 11 is 0. The van der Waals surface area contributed by atoms with Crippen LogP contribution in [-0.2, 0) is 0 Å². The summed E-state index contributed by atoms with van der Waals surface area (Å²) in [7, 11) is 0. The molecule has 2 rings (SSSR count). The van der Waals surface area contributed by atoms with E-state index < -0.39 is 0 Å². The Kier molecular flexibility index (Phi) is 4.80. The van der Waals surface area contributed by atoms with Crippen molar-refractivity contribution >= 4 is 5.84 Å². The molecule has 1 aromatic rings. The van der Waals surface area contributed by atoms with Gasteiger partial charge in [0.25, 0.3) is 0 Å². The fraction of sp³-hybridized carbons (Fsp3) is 0.562. The lowest BCUT2D eigenvalue weighted by molar-refractivity contribution is 0.674. The van der Waals surface area contributed by atoms with Crippen LogP contribution in [0.3, 0.4) is 0 Å². The van der Waals surface area contributed by atoms with Gasteiger partial charge in [-0.05, 0) is 30.7 Å². The highest BCUT2D eigenvalue weighted by molar-refractivity contribution is 5.83.